The number of carbonyl (C=O) groups is 2. The van der Waals surface area contributed by atoms with Gasteiger partial charge in [0.2, 0.25) is 0 Å². The molecule has 0 aliphatic carbocycles. The Hall–Kier alpha value is -2.29. The molecule has 0 aromatic heterocycles. The lowest BCUT2D eigenvalue weighted by Crippen LogP contribution is -2.27. The van der Waals surface area contributed by atoms with Crippen LogP contribution in [0.3, 0.4) is 0 Å². The van der Waals surface area contributed by atoms with Crippen LogP contribution >= 0.6 is 39.3 Å². The third-order valence-corrected chi connectivity index (χ3v) is 6.04. The van der Waals surface area contributed by atoms with Crippen molar-refractivity contribution in [1.29, 1.82) is 0 Å². The van der Waals surface area contributed by atoms with E-state index >= 15 is 0 Å². The van der Waals surface area contributed by atoms with Crippen LogP contribution in [0.1, 0.15) is 18.1 Å². The Morgan fingerprint density at radius 2 is 2.03 bits per heavy atom. The summed E-state index contributed by atoms with van der Waals surface area (Å²) in [6.07, 6.45) is 3.24. The second-order valence-electron chi connectivity index (χ2n) is 6.37. The number of imide groups is 1. The summed E-state index contributed by atoms with van der Waals surface area (Å²) < 4.78 is 25.2. The fourth-order valence-electron chi connectivity index (χ4n) is 2.82. The van der Waals surface area contributed by atoms with E-state index in [0.29, 0.717) is 40.3 Å². The molecule has 2 aromatic carbocycles. The van der Waals surface area contributed by atoms with E-state index in [4.69, 9.17) is 21.1 Å². The molecule has 0 radical (unpaired) electrons. The van der Waals surface area contributed by atoms with Crippen molar-refractivity contribution in [3.05, 3.63) is 74.3 Å². The number of benzene rings is 2. The van der Waals surface area contributed by atoms with Crippen LogP contribution in [0.4, 0.5) is 9.18 Å². The maximum atomic E-state index is 13.3. The molecular weight excluding hydrogens is 509 g/mol. The second-order valence-corrected chi connectivity index (χ2v) is 8.62. The highest BCUT2D eigenvalue weighted by molar-refractivity contribution is 9.10. The number of hydrogen-bond donors (Lipinski definition) is 0. The third-order valence-electron chi connectivity index (χ3n) is 4.19. The first-order valence-electron chi connectivity index (χ1n) is 9.23. The van der Waals surface area contributed by atoms with Crippen molar-refractivity contribution in [2.24, 2.45) is 0 Å². The van der Waals surface area contributed by atoms with E-state index in [1.807, 2.05) is 6.92 Å². The number of amides is 2. The summed E-state index contributed by atoms with van der Waals surface area (Å²) in [7, 11) is 0. The molecule has 1 saturated heterocycles. The maximum absolute atomic E-state index is 13.3. The molecule has 31 heavy (non-hydrogen) atoms. The molecule has 9 heteroatoms. The molecule has 162 valence electrons. The average molecular weight is 527 g/mol. The molecule has 0 atom stereocenters. The van der Waals surface area contributed by atoms with Crippen LogP contribution in [0, 0.1) is 5.82 Å². The molecule has 0 bridgehead atoms. The smallest absolute Gasteiger partial charge is 0.293 e. The Labute approximate surface area is 197 Å². The van der Waals surface area contributed by atoms with Gasteiger partial charge >= 0.3 is 0 Å². The van der Waals surface area contributed by atoms with Gasteiger partial charge in [0.25, 0.3) is 11.1 Å². The van der Waals surface area contributed by atoms with Crippen molar-refractivity contribution in [1.82, 2.24) is 4.90 Å². The van der Waals surface area contributed by atoms with Crippen LogP contribution < -0.4 is 9.47 Å². The van der Waals surface area contributed by atoms with Gasteiger partial charge in [0.1, 0.15) is 12.4 Å². The summed E-state index contributed by atoms with van der Waals surface area (Å²) in [4.78, 5) is 26.6. The zero-order chi connectivity index (χ0) is 22.5. The monoisotopic (exact) mass is 525 g/mol. The van der Waals surface area contributed by atoms with Crippen LogP contribution in [0.15, 0.2) is 52.4 Å². The van der Waals surface area contributed by atoms with Gasteiger partial charge in [-0.25, -0.2) is 4.39 Å². The Morgan fingerprint density at radius 1 is 1.26 bits per heavy atom. The molecule has 2 aromatic rings. The number of carbonyl (C=O) groups excluding carboxylic acids is 2. The average Bonchev–Trinajstić information content (AvgIpc) is 2.97. The minimum Gasteiger partial charge on any atom is -0.490 e. The first kappa shape index (κ1) is 23.4. The summed E-state index contributed by atoms with van der Waals surface area (Å²) in [6.45, 7) is 6.18. The maximum Gasteiger partial charge on any atom is 0.293 e. The van der Waals surface area contributed by atoms with Crippen molar-refractivity contribution in [3.63, 3.8) is 0 Å². The molecule has 2 amide bonds. The van der Waals surface area contributed by atoms with Crippen molar-refractivity contribution in [2.75, 3.05) is 13.2 Å². The normalized spacial score (nSPS) is 15.0. The van der Waals surface area contributed by atoms with E-state index < -0.39 is 17.0 Å². The van der Waals surface area contributed by atoms with Crippen LogP contribution in [0.5, 0.6) is 11.5 Å². The number of thioether (sulfide) groups is 1. The highest BCUT2D eigenvalue weighted by atomic mass is 79.9. The Bertz CT molecular complexity index is 1080. The lowest BCUT2D eigenvalue weighted by atomic mass is 10.1. The van der Waals surface area contributed by atoms with Crippen LogP contribution in [0.25, 0.3) is 6.08 Å². The Kier molecular flexibility index (Phi) is 7.80. The molecule has 1 fully saturated rings. The standard InChI is InChI=1S/C22H18BrClFNO4S/c1-3-7-30-20-16(23)8-13(9-18(20)29-4-2)10-19-21(27)26(22(28)31-19)12-14-5-6-15(25)11-17(14)24/h3,5-6,8-11H,1,4,7,12H2,2H3/b19-10+. The van der Waals surface area contributed by atoms with E-state index in [2.05, 4.69) is 22.5 Å². The van der Waals surface area contributed by atoms with E-state index in [9.17, 15) is 14.0 Å². The van der Waals surface area contributed by atoms with Gasteiger partial charge in [-0.1, -0.05) is 30.3 Å². The minimum atomic E-state index is -0.487. The van der Waals surface area contributed by atoms with Gasteiger partial charge in [-0.2, -0.15) is 0 Å². The van der Waals surface area contributed by atoms with Gasteiger partial charge in [0.15, 0.2) is 11.5 Å². The van der Waals surface area contributed by atoms with Crippen molar-refractivity contribution in [2.45, 2.75) is 13.5 Å². The first-order valence-corrected chi connectivity index (χ1v) is 11.2. The van der Waals surface area contributed by atoms with Crippen molar-refractivity contribution in [3.8, 4) is 11.5 Å². The molecule has 0 spiro atoms. The topological polar surface area (TPSA) is 55.8 Å². The molecule has 1 aliphatic heterocycles. The molecule has 1 aliphatic rings. The predicted octanol–water partition coefficient (Wildman–Crippen LogP) is 6.44. The molecular formula is C22H18BrClFNO4S. The highest BCUT2D eigenvalue weighted by Crippen LogP contribution is 2.39. The molecule has 3 rings (SSSR count). The second kappa shape index (κ2) is 10.3. The zero-order valence-corrected chi connectivity index (χ0v) is 19.7. The summed E-state index contributed by atoms with van der Waals surface area (Å²) in [6, 6.07) is 7.34. The fraction of sp³-hybridized carbons (Fsp3) is 0.182. The minimum absolute atomic E-state index is 0.0384. The van der Waals surface area contributed by atoms with Gasteiger partial charge in [0.05, 0.1) is 22.5 Å². The third kappa shape index (κ3) is 5.50. The number of hydrogen-bond acceptors (Lipinski definition) is 5. The van der Waals surface area contributed by atoms with Crippen LogP contribution in [-0.2, 0) is 11.3 Å². The van der Waals surface area contributed by atoms with Gasteiger partial charge in [-0.15, -0.1) is 0 Å². The summed E-state index contributed by atoms with van der Waals surface area (Å²) in [5.74, 6) is 0.0932. The van der Waals surface area contributed by atoms with Crippen LogP contribution in [0.2, 0.25) is 5.02 Å². The lowest BCUT2D eigenvalue weighted by Gasteiger charge is -2.14. The predicted molar refractivity (Wildman–Crippen MR) is 124 cm³/mol. The van der Waals surface area contributed by atoms with Crippen LogP contribution in [-0.4, -0.2) is 29.3 Å². The molecule has 0 unspecified atom stereocenters. The molecule has 5 nitrogen and oxygen atoms in total. The first-order chi connectivity index (χ1) is 14.8. The van der Waals surface area contributed by atoms with Gasteiger partial charge in [-0.05, 0) is 76.1 Å². The van der Waals surface area contributed by atoms with E-state index in [1.165, 1.54) is 12.1 Å². The zero-order valence-electron chi connectivity index (χ0n) is 16.5. The van der Waals surface area contributed by atoms with E-state index in [-0.39, 0.29) is 16.5 Å². The van der Waals surface area contributed by atoms with Gasteiger partial charge in [0, 0.05) is 5.02 Å². The Balaban J connectivity index is 1.87. The number of rotatable bonds is 8. The number of nitrogens with zero attached hydrogens (tertiary/aromatic N) is 1. The largest absolute Gasteiger partial charge is 0.490 e. The van der Waals surface area contributed by atoms with E-state index in [0.717, 1.165) is 22.7 Å². The lowest BCUT2D eigenvalue weighted by molar-refractivity contribution is -0.123. The summed E-state index contributed by atoms with van der Waals surface area (Å²) >= 11 is 10.3. The van der Waals surface area contributed by atoms with Gasteiger partial charge in [-0.3, -0.25) is 14.5 Å². The van der Waals surface area contributed by atoms with Crippen molar-refractivity contribution < 1.29 is 23.5 Å². The summed E-state index contributed by atoms with van der Waals surface area (Å²) in [5.41, 5.74) is 1.14. The molecule has 1 heterocycles. The Morgan fingerprint density at radius 3 is 2.71 bits per heavy atom. The SMILES string of the molecule is C=CCOc1c(Br)cc(/C=C2/SC(=O)N(Cc3ccc(F)cc3Cl)C2=O)cc1OCC. The van der Waals surface area contributed by atoms with Gasteiger partial charge < -0.3 is 9.47 Å². The van der Waals surface area contributed by atoms with Crippen molar-refractivity contribution >= 4 is 56.5 Å². The number of ether oxygens (including phenoxy) is 2. The quantitative estimate of drug-likeness (QED) is 0.293. The van der Waals surface area contributed by atoms with E-state index in [1.54, 1.807) is 24.3 Å². The molecule has 0 N–H and O–H groups in total. The highest BCUT2D eigenvalue weighted by Gasteiger charge is 2.35. The fourth-order valence-corrected chi connectivity index (χ4v) is 4.46. The number of halogens is 3. The molecule has 0 saturated carbocycles. The summed E-state index contributed by atoms with van der Waals surface area (Å²) in [5, 5.41) is -0.268.